The number of nitrogens with one attached hydrogen (secondary N) is 1. The maximum absolute atomic E-state index is 13.3. The fourth-order valence-corrected chi connectivity index (χ4v) is 4.30. The fourth-order valence-electron chi connectivity index (χ4n) is 4.30. The molecule has 0 aromatic heterocycles. The second kappa shape index (κ2) is 9.53. The third-order valence-corrected chi connectivity index (χ3v) is 5.67. The molecule has 3 amide bonds. The van der Waals surface area contributed by atoms with E-state index in [0.717, 1.165) is 25.8 Å². The van der Waals surface area contributed by atoms with Crippen molar-refractivity contribution in [3.63, 3.8) is 0 Å². The van der Waals surface area contributed by atoms with Crippen LogP contribution in [0.1, 0.15) is 53.4 Å². The maximum atomic E-state index is 13.3. The average Bonchev–Trinajstić information content (AvgIpc) is 2.57. The van der Waals surface area contributed by atoms with Crippen LogP contribution in [0.4, 0.5) is 0 Å². The number of hydrogen-bond donors (Lipinski definition) is 2. The number of hydrogen-bond acceptors (Lipinski definition) is 4. The fraction of sp³-hybridized carbons (Fsp3) is 0.850. The van der Waals surface area contributed by atoms with E-state index in [-0.39, 0.29) is 35.6 Å². The monoisotopic (exact) mass is 380 g/mol. The number of piperazine rings is 1. The Bertz CT molecular complexity index is 541. The highest BCUT2D eigenvalue weighted by Gasteiger charge is 2.40. The lowest BCUT2D eigenvalue weighted by Gasteiger charge is -2.43. The van der Waals surface area contributed by atoms with Crippen molar-refractivity contribution in [2.75, 3.05) is 26.2 Å². The highest BCUT2D eigenvalue weighted by atomic mass is 16.2. The Labute approximate surface area is 163 Å². The predicted octanol–water partition coefficient (Wildman–Crippen LogP) is 0.972. The van der Waals surface area contributed by atoms with Gasteiger partial charge in [0, 0.05) is 32.6 Å². The third-order valence-electron chi connectivity index (χ3n) is 5.67. The quantitative estimate of drug-likeness (QED) is 0.688. The van der Waals surface area contributed by atoms with Crippen LogP contribution >= 0.6 is 0 Å². The molecule has 27 heavy (non-hydrogen) atoms. The Morgan fingerprint density at radius 1 is 1.15 bits per heavy atom. The lowest BCUT2D eigenvalue weighted by molar-refractivity contribution is -0.151. The van der Waals surface area contributed by atoms with Crippen molar-refractivity contribution >= 4 is 17.7 Å². The molecule has 2 unspecified atom stereocenters. The summed E-state index contributed by atoms with van der Waals surface area (Å²) in [6, 6.07) is -0.615. The van der Waals surface area contributed by atoms with E-state index in [1.807, 2.05) is 18.7 Å². The van der Waals surface area contributed by atoms with E-state index in [9.17, 15) is 14.4 Å². The zero-order valence-electron chi connectivity index (χ0n) is 17.2. The summed E-state index contributed by atoms with van der Waals surface area (Å²) in [6.45, 7) is 10.8. The van der Waals surface area contributed by atoms with Gasteiger partial charge in [0.2, 0.25) is 17.7 Å². The minimum absolute atomic E-state index is 0.0427. The van der Waals surface area contributed by atoms with E-state index in [0.29, 0.717) is 32.0 Å². The largest absolute Gasteiger partial charge is 0.370 e. The zero-order chi connectivity index (χ0) is 20.1. The summed E-state index contributed by atoms with van der Waals surface area (Å²) in [5.41, 5.74) is 5.30. The molecule has 7 nitrogen and oxygen atoms in total. The molecule has 7 heteroatoms. The van der Waals surface area contributed by atoms with E-state index in [1.54, 1.807) is 4.90 Å². The SMILES string of the molecule is CC(C)CC1NCCN(C(C(=O)N2CCC(CC(N)=O)CC2)C(C)C)C1=O. The van der Waals surface area contributed by atoms with Crippen molar-refractivity contribution < 1.29 is 14.4 Å². The molecule has 0 radical (unpaired) electrons. The van der Waals surface area contributed by atoms with Gasteiger partial charge in [-0.15, -0.1) is 0 Å². The van der Waals surface area contributed by atoms with Crippen LogP contribution in [0.15, 0.2) is 0 Å². The summed E-state index contributed by atoms with van der Waals surface area (Å²) in [5, 5.41) is 3.31. The average molecular weight is 381 g/mol. The van der Waals surface area contributed by atoms with Crippen LogP contribution in [0.2, 0.25) is 0 Å². The second-order valence-corrected chi connectivity index (χ2v) is 8.80. The number of carbonyl (C=O) groups is 3. The van der Waals surface area contributed by atoms with Gasteiger partial charge in [0.05, 0.1) is 6.04 Å². The second-order valence-electron chi connectivity index (χ2n) is 8.80. The molecule has 0 bridgehead atoms. The van der Waals surface area contributed by atoms with E-state index < -0.39 is 6.04 Å². The molecule has 0 spiro atoms. The third kappa shape index (κ3) is 5.67. The van der Waals surface area contributed by atoms with Gasteiger partial charge in [-0.1, -0.05) is 27.7 Å². The highest BCUT2D eigenvalue weighted by molar-refractivity contribution is 5.90. The van der Waals surface area contributed by atoms with Crippen molar-refractivity contribution in [1.29, 1.82) is 0 Å². The molecule has 0 aromatic carbocycles. The first kappa shape index (κ1) is 21.7. The number of nitrogens with two attached hydrogens (primary N) is 1. The molecule has 0 aliphatic carbocycles. The van der Waals surface area contributed by atoms with Crippen LogP contribution in [0.25, 0.3) is 0 Å². The first-order valence-corrected chi connectivity index (χ1v) is 10.3. The molecule has 2 aliphatic rings. The van der Waals surface area contributed by atoms with Crippen molar-refractivity contribution in [3.8, 4) is 0 Å². The minimum Gasteiger partial charge on any atom is -0.370 e. The van der Waals surface area contributed by atoms with E-state index in [4.69, 9.17) is 5.73 Å². The van der Waals surface area contributed by atoms with Crippen LogP contribution in [-0.2, 0) is 14.4 Å². The molecule has 0 aromatic rings. The number of primary amides is 1. The zero-order valence-corrected chi connectivity index (χ0v) is 17.2. The van der Waals surface area contributed by atoms with Crippen LogP contribution in [0, 0.1) is 17.8 Å². The Morgan fingerprint density at radius 3 is 2.30 bits per heavy atom. The number of carbonyl (C=O) groups excluding carboxylic acids is 3. The van der Waals surface area contributed by atoms with Gasteiger partial charge in [-0.3, -0.25) is 14.4 Å². The predicted molar refractivity (Wildman–Crippen MR) is 105 cm³/mol. The van der Waals surface area contributed by atoms with Crippen molar-refractivity contribution in [2.24, 2.45) is 23.5 Å². The first-order chi connectivity index (χ1) is 12.7. The Morgan fingerprint density at radius 2 is 1.78 bits per heavy atom. The van der Waals surface area contributed by atoms with E-state index >= 15 is 0 Å². The normalized spacial score (nSPS) is 23.2. The first-order valence-electron chi connectivity index (χ1n) is 10.3. The molecule has 0 saturated carbocycles. The summed E-state index contributed by atoms with van der Waals surface area (Å²) < 4.78 is 0. The maximum Gasteiger partial charge on any atom is 0.245 e. The van der Waals surface area contributed by atoms with Gasteiger partial charge in [0.25, 0.3) is 0 Å². The standard InChI is InChI=1S/C20H36N4O3/c1-13(2)11-16-19(26)24(10-7-22-16)18(14(3)4)20(27)23-8-5-15(6-9-23)12-17(21)25/h13-16,18,22H,5-12H2,1-4H3,(H2,21,25). The summed E-state index contributed by atoms with van der Waals surface area (Å²) in [5.74, 6) is 0.556. The van der Waals surface area contributed by atoms with Gasteiger partial charge < -0.3 is 20.9 Å². The smallest absolute Gasteiger partial charge is 0.245 e. The molecule has 2 atom stereocenters. The molecular formula is C20H36N4O3. The van der Waals surface area contributed by atoms with Gasteiger partial charge in [-0.05, 0) is 37.0 Å². The van der Waals surface area contributed by atoms with Crippen LogP contribution in [0.3, 0.4) is 0 Å². The number of nitrogens with zero attached hydrogens (tertiary/aromatic N) is 2. The minimum atomic E-state index is -0.415. The topological polar surface area (TPSA) is 95.7 Å². The molecule has 2 heterocycles. The molecule has 2 saturated heterocycles. The summed E-state index contributed by atoms with van der Waals surface area (Å²) >= 11 is 0. The molecule has 3 N–H and O–H groups in total. The van der Waals surface area contributed by atoms with Gasteiger partial charge >= 0.3 is 0 Å². The molecular weight excluding hydrogens is 344 g/mol. The van der Waals surface area contributed by atoms with Crippen molar-refractivity contribution in [2.45, 2.75) is 65.5 Å². The van der Waals surface area contributed by atoms with E-state index in [1.165, 1.54) is 0 Å². The van der Waals surface area contributed by atoms with Crippen LogP contribution < -0.4 is 11.1 Å². The molecule has 2 aliphatic heterocycles. The van der Waals surface area contributed by atoms with Crippen molar-refractivity contribution in [3.05, 3.63) is 0 Å². The number of amides is 3. The lowest BCUT2D eigenvalue weighted by Crippen LogP contribution is -2.63. The van der Waals surface area contributed by atoms with E-state index in [2.05, 4.69) is 19.2 Å². The van der Waals surface area contributed by atoms with Crippen LogP contribution in [-0.4, -0.2) is 65.8 Å². The van der Waals surface area contributed by atoms with Gasteiger partial charge in [0.15, 0.2) is 0 Å². The number of piperidine rings is 1. The van der Waals surface area contributed by atoms with Crippen LogP contribution in [0.5, 0.6) is 0 Å². The Balaban J connectivity index is 2.05. The molecule has 2 fully saturated rings. The van der Waals surface area contributed by atoms with Gasteiger partial charge in [-0.25, -0.2) is 0 Å². The highest BCUT2D eigenvalue weighted by Crippen LogP contribution is 2.24. The number of likely N-dealkylation sites (tertiary alicyclic amines) is 1. The summed E-state index contributed by atoms with van der Waals surface area (Å²) in [6.07, 6.45) is 2.77. The molecule has 154 valence electrons. The van der Waals surface area contributed by atoms with Gasteiger partial charge in [-0.2, -0.15) is 0 Å². The molecule has 2 rings (SSSR count). The lowest BCUT2D eigenvalue weighted by atomic mass is 9.91. The van der Waals surface area contributed by atoms with Crippen molar-refractivity contribution in [1.82, 2.24) is 15.1 Å². The summed E-state index contributed by atoms with van der Waals surface area (Å²) in [7, 11) is 0. The Hall–Kier alpha value is -1.63. The Kier molecular flexibility index (Phi) is 7.65. The number of rotatable bonds is 7. The summed E-state index contributed by atoms with van der Waals surface area (Å²) in [4.78, 5) is 41.1. The van der Waals surface area contributed by atoms with Gasteiger partial charge in [0.1, 0.15) is 6.04 Å².